The van der Waals surface area contributed by atoms with Gasteiger partial charge in [0.2, 0.25) is 5.88 Å². The summed E-state index contributed by atoms with van der Waals surface area (Å²) in [5.41, 5.74) is 7.80. The van der Waals surface area contributed by atoms with Crippen LogP contribution in [0.4, 0.5) is 43.0 Å². The van der Waals surface area contributed by atoms with Gasteiger partial charge in [-0.1, -0.05) is 18.2 Å². The van der Waals surface area contributed by atoms with Crippen LogP contribution in [-0.4, -0.2) is 68.5 Å². The number of alkyl halides is 4. The summed E-state index contributed by atoms with van der Waals surface area (Å²) in [5, 5.41) is 23.5. The minimum absolute atomic E-state index is 0.0678. The number of aryl methyl sites for hydroxylation is 1. The fourth-order valence-electron chi connectivity index (χ4n) is 8.35. The first-order valence-corrected chi connectivity index (χ1v) is 19.3. The third-order valence-corrected chi connectivity index (χ3v) is 12.0. The van der Waals surface area contributed by atoms with E-state index < -0.39 is 80.7 Å². The van der Waals surface area contributed by atoms with Crippen molar-refractivity contribution in [3.8, 4) is 34.8 Å². The zero-order valence-electron chi connectivity index (χ0n) is 31.2. The first kappa shape index (κ1) is 39.7. The summed E-state index contributed by atoms with van der Waals surface area (Å²) in [5.74, 6) is -3.98. The van der Waals surface area contributed by atoms with E-state index in [9.17, 15) is 14.8 Å². The number of rotatable bonds is 11. The first-order chi connectivity index (χ1) is 28.2. The number of anilines is 3. The van der Waals surface area contributed by atoms with Gasteiger partial charge in [0.25, 0.3) is 0 Å². The molecule has 6 aromatic rings. The Hall–Kier alpha value is -6.13. The number of hydrogen-bond donors (Lipinski definition) is 4. The first-order valence-electron chi connectivity index (χ1n) is 18.5. The van der Waals surface area contributed by atoms with Gasteiger partial charge in [-0.2, -0.15) is 28.4 Å². The lowest BCUT2D eigenvalue weighted by Crippen LogP contribution is -2.43. The molecule has 2 aliphatic rings. The van der Waals surface area contributed by atoms with Crippen LogP contribution in [0.1, 0.15) is 54.1 Å². The number of nitriles is 1. The smallest absolute Gasteiger partial charge is 0.420 e. The third-order valence-electron chi connectivity index (χ3n) is 11.0. The highest BCUT2D eigenvalue weighted by molar-refractivity contribution is 7.23. The number of nitrogens with two attached hydrogens (primary N) is 2. The van der Waals surface area contributed by atoms with E-state index in [1.807, 2.05) is 4.90 Å². The van der Waals surface area contributed by atoms with Gasteiger partial charge in [0.1, 0.15) is 58.1 Å². The minimum Gasteiger partial charge on any atom is -0.506 e. The van der Waals surface area contributed by atoms with E-state index in [-0.39, 0.29) is 58.9 Å². The summed E-state index contributed by atoms with van der Waals surface area (Å²) < 4.78 is 104. The Morgan fingerprint density at radius 3 is 2.68 bits per heavy atom. The summed E-state index contributed by atoms with van der Waals surface area (Å²) in [6.45, 7) is 0.695. The standard InChI is InChI=1S/C40H35F6N9O3S/c1-57-26-7-2-5-20(51-26)8-11-25(21-6-3-13-50-35(21)48)52-37-29-32(53-38(54-37)58-18-39-12-4-14-55(39)17-19(41)15-39)31(43)28(30(33(29)56)40(44,45)46)22-9-10-24(42)34-27(22)23(16-47)36(49)59-34/h2-3,5-7,9-10,13,19,25,56H,4,8,11-12,14-15,17-18,49H2,1H3,(H2,48,50)(H,52,53,54)/t19-,25-,39+/m1/s1. The third kappa shape index (κ3) is 7.09. The number of nitrogens with one attached hydrogen (secondary N) is 1. The molecular weight excluding hydrogens is 801 g/mol. The molecular formula is C40H35F6N9O3S. The number of nitrogen functional groups attached to an aromatic ring is 2. The number of phenols is 1. The summed E-state index contributed by atoms with van der Waals surface area (Å²) in [6, 6.07) is 10.5. The van der Waals surface area contributed by atoms with Crippen molar-refractivity contribution >= 4 is 49.0 Å². The second kappa shape index (κ2) is 15.2. The van der Waals surface area contributed by atoms with Gasteiger partial charge >= 0.3 is 12.2 Å². The molecule has 3 atom stereocenters. The van der Waals surface area contributed by atoms with E-state index >= 15 is 22.0 Å². The topological polar surface area (TPSA) is 181 Å². The van der Waals surface area contributed by atoms with E-state index in [4.69, 9.17) is 20.9 Å². The molecule has 59 heavy (non-hydrogen) atoms. The van der Waals surface area contributed by atoms with Gasteiger partial charge in [-0.15, -0.1) is 11.3 Å². The van der Waals surface area contributed by atoms with Crippen LogP contribution in [0, 0.1) is 23.0 Å². The van der Waals surface area contributed by atoms with Crippen molar-refractivity contribution in [3.05, 3.63) is 82.7 Å². The van der Waals surface area contributed by atoms with Gasteiger partial charge in [-0.05, 0) is 56.0 Å². The Labute approximate surface area is 336 Å². The summed E-state index contributed by atoms with van der Waals surface area (Å²) in [4.78, 5) is 19.3. The summed E-state index contributed by atoms with van der Waals surface area (Å²) in [7, 11) is 1.46. The van der Waals surface area contributed by atoms with E-state index in [1.54, 1.807) is 36.4 Å². The van der Waals surface area contributed by atoms with Gasteiger partial charge in [0, 0.05) is 47.4 Å². The SMILES string of the molecule is COc1cccc(CC[C@@H](Nc2nc(OC[C@@]34CCCN3C[C@H](F)C4)nc3c(F)c(-c4ccc(F)c5sc(N)c(C#N)c45)c(C(F)(F)F)c(O)c23)c2cccnc2N)n1. The fourth-order valence-corrected chi connectivity index (χ4v) is 9.30. The Morgan fingerprint density at radius 2 is 1.93 bits per heavy atom. The molecule has 8 rings (SSSR count). The highest BCUT2D eigenvalue weighted by Gasteiger charge is 2.49. The molecule has 0 amide bonds. The number of phenolic OH excluding ortho intramolecular Hbond substituents is 1. The van der Waals surface area contributed by atoms with Crippen molar-refractivity contribution in [1.29, 1.82) is 5.26 Å². The Balaban J connectivity index is 1.35. The van der Waals surface area contributed by atoms with Gasteiger partial charge in [0.15, 0.2) is 5.82 Å². The summed E-state index contributed by atoms with van der Waals surface area (Å²) >= 11 is 0.608. The van der Waals surface area contributed by atoms with Crippen LogP contribution in [0.5, 0.6) is 17.6 Å². The number of thiophene rings is 1. The van der Waals surface area contributed by atoms with E-state index in [1.165, 1.54) is 13.3 Å². The molecule has 0 unspecified atom stereocenters. The zero-order chi connectivity index (χ0) is 41.8. The number of nitrogens with zero attached hydrogens (tertiary/aromatic N) is 6. The van der Waals surface area contributed by atoms with Crippen LogP contribution < -0.4 is 26.3 Å². The van der Waals surface area contributed by atoms with Crippen molar-refractivity contribution in [3.63, 3.8) is 0 Å². The molecule has 2 aliphatic heterocycles. The Morgan fingerprint density at radius 1 is 1.12 bits per heavy atom. The second-order valence-corrected chi connectivity index (χ2v) is 15.5. The Kier molecular flexibility index (Phi) is 10.2. The molecule has 0 bridgehead atoms. The number of benzene rings is 2. The molecule has 0 saturated carbocycles. The highest BCUT2D eigenvalue weighted by Crippen LogP contribution is 2.52. The van der Waals surface area contributed by atoms with Crippen LogP contribution >= 0.6 is 11.3 Å². The largest absolute Gasteiger partial charge is 0.506 e. The van der Waals surface area contributed by atoms with Crippen molar-refractivity contribution in [2.45, 2.75) is 56.0 Å². The average molecular weight is 836 g/mol. The number of pyridine rings is 2. The fraction of sp³-hybridized carbons (Fsp3) is 0.325. The van der Waals surface area contributed by atoms with Gasteiger partial charge < -0.3 is 31.4 Å². The number of methoxy groups -OCH3 is 1. The number of fused-ring (bicyclic) bond motifs is 3. The van der Waals surface area contributed by atoms with Crippen molar-refractivity contribution in [2.24, 2.45) is 0 Å². The van der Waals surface area contributed by atoms with Crippen LogP contribution in [0.15, 0.2) is 48.7 Å². The lowest BCUT2D eigenvalue weighted by atomic mass is 9.91. The zero-order valence-corrected chi connectivity index (χ0v) is 32.0. The summed E-state index contributed by atoms with van der Waals surface area (Å²) in [6.07, 6.45) is -3.14. The van der Waals surface area contributed by atoms with Gasteiger partial charge in [-0.3, -0.25) is 4.90 Å². The maximum absolute atomic E-state index is 17.4. The number of ether oxygens (including phenoxy) is 2. The number of aromatic nitrogens is 4. The lowest BCUT2D eigenvalue weighted by Gasteiger charge is -2.31. The monoisotopic (exact) mass is 835 g/mol. The molecule has 306 valence electrons. The van der Waals surface area contributed by atoms with Crippen LogP contribution in [0.2, 0.25) is 0 Å². The molecule has 12 nitrogen and oxygen atoms in total. The van der Waals surface area contributed by atoms with E-state index in [0.717, 1.165) is 18.6 Å². The molecule has 0 radical (unpaired) electrons. The highest BCUT2D eigenvalue weighted by atomic mass is 32.1. The van der Waals surface area contributed by atoms with Gasteiger partial charge in [0.05, 0.1) is 34.3 Å². The molecule has 4 aromatic heterocycles. The van der Waals surface area contributed by atoms with Crippen molar-refractivity contribution < 1.29 is 40.9 Å². The lowest BCUT2D eigenvalue weighted by molar-refractivity contribution is -0.138. The molecule has 2 fully saturated rings. The maximum atomic E-state index is 17.4. The normalized spacial score (nSPS) is 18.6. The van der Waals surface area contributed by atoms with Crippen LogP contribution in [-0.2, 0) is 12.6 Å². The molecule has 6 heterocycles. The molecule has 2 aromatic carbocycles. The van der Waals surface area contributed by atoms with Crippen molar-refractivity contribution in [2.75, 3.05) is 43.6 Å². The molecule has 6 N–H and O–H groups in total. The van der Waals surface area contributed by atoms with Crippen LogP contribution in [0.25, 0.3) is 32.1 Å². The molecule has 0 aliphatic carbocycles. The van der Waals surface area contributed by atoms with Crippen molar-refractivity contribution in [1.82, 2.24) is 24.8 Å². The second-order valence-electron chi connectivity index (χ2n) is 14.5. The number of aromatic hydroxyl groups is 1. The predicted molar refractivity (Wildman–Crippen MR) is 209 cm³/mol. The molecule has 0 spiro atoms. The number of hydrogen-bond acceptors (Lipinski definition) is 13. The maximum Gasteiger partial charge on any atom is 0.420 e. The van der Waals surface area contributed by atoms with Crippen LogP contribution in [0.3, 0.4) is 0 Å². The molecule has 2 saturated heterocycles. The average Bonchev–Trinajstić information content (AvgIpc) is 3.86. The molecule has 19 heteroatoms. The predicted octanol–water partition coefficient (Wildman–Crippen LogP) is 8.09. The Bertz CT molecular complexity index is 2660. The van der Waals surface area contributed by atoms with Gasteiger partial charge in [-0.25, -0.2) is 23.1 Å². The number of halogens is 6. The minimum atomic E-state index is -5.43. The van der Waals surface area contributed by atoms with E-state index in [0.29, 0.717) is 41.4 Å². The quantitative estimate of drug-likeness (QED) is 0.0923. The van der Waals surface area contributed by atoms with E-state index in [2.05, 4.69) is 25.3 Å².